The van der Waals surface area contributed by atoms with E-state index in [1.807, 2.05) is 41.0 Å². The van der Waals surface area contributed by atoms with Gasteiger partial charge in [0.05, 0.1) is 35.9 Å². The Morgan fingerprint density at radius 1 is 0.896 bits per heavy atom. The number of hydrogen-bond acceptors (Lipinski definition) is 9. The van der Waals surface area contributed by atoms with Gasteiger partial charge in [0.25, 0.3) is 5.69 Å². The lowest BCUT2D eigenvalue weighted by Gasteiger charge is -2.35. The molecule has 252 valence electrons. The molecule has 0 bridgehead atoms. The van der Waals surface area contributed by atoms with Gasteiger partial charge in [-0.3, -0.25) is 14.9 Å². The second-order valence-corrected chi connectivity index (χ2v) is 12.7. The fourth-order valence-corrected chi connectivity index (χ4v) is 7.12. The van der Waals surface area contributed by atoms with Gasteiger partial charge in [-0.05, 0) is 79.4 Å². The van der Waals surface area contributed by atoms with Crippen LogP contribution in [0.3, 0.4) is 0 Å². The zero-order chi connectivity index (χ0) is 33.8. The molecule has 3 aromatic carbocycles. The van der Waals surface area contributed by atoms with Gasteiger partial charge in [0.1, 0.15) is 18.9 Å². The maximum Gasteiger partial charge on any atom is 0.337 e. The van der Waals surface area contributed by atoms with E-state index in [4.69, 9.17) is 14.2 Å². The number of likely N-dealkylation sites (N-methyl/N-ethyl adjacent to an activating group) is 1. The second kappa shape index (κ2) is 14.5. The van der Waals surface area contributed by atoms with Crippen LogP contribution in [0.15, 0.2) is 60.7 Å². The van der Waals surface area contributed by atoms with Gasteiger partial charge in [0.2, 0.25) is 0 Å². The minimum absolute atomic E-state index is 0.0141. The molecule has 1 saturated carbocycles. The molecule has 0 atom stereocenters. The van der Waals surface area contributed by atoms with Crippen LogP contribution >= 0.6 is 0 Å². The van der Waals surface area contributed by atoms with Crippen LogP contribution in [-0.4, -0.2) is 73.8 Å². The molecule has 4 aromatic rings. The van der Waals surface area contributed by atoms with E-state index in [1.54, 1.807) is 24.3 Å². The number of anilines is 1. The maximum absolute atomic E-state index is 12.8. The van der Waals surface area contributed by atoms with E-state index in [-0.39, 0.29) is 29.7 Å². The first-order chi connectivity index (χ1) is 23.3. The number of benzene rings is 3. The normalized spacial score (nSPS) is 15.8. The van der Waals surface area contributed by atoms with Crippen molar-refractivity contribution in [3.05, 3.63) is 87.5 Å². The van der Waals surface area contributed by atoms with E-state index in [0.29, 0.717) is 17.2 Å². The molecule has 1 saturated heterocycles. The molecule has 0 unspecified atom stereocenters. The van der Waals surface area contributed by atoms with Crippen molar-refractivity contribution >= 4 is 34.2 Å². The molecule has 11 heteroatoms. The number of hydrogen-bond donors (Lipinski definition) is 0. The lowest BCUT2D eigenvalue weighted by Crippen LogP contribution is -2.44. The van der Waals surface area contributed by atoms with E-state index in [0.717, 1.165) is 85.3 Å². The van der Waals surface area contributed by atoms with E-state index < -0.39 is 5.97 Å². The number of carbonyl (C=O) groups excluding carboxylic acids is 2. The van der Waals surface area contributed by atoms with Crippen LogP contribution in [0, 0.1) is 10.1 Å². The number of aromatic nitrogens is 1. The van der Waals surface area contributed by atoms with Gasteiger partial charge in [-0.2, -0.15) is 0 Å². The predicted octanol–water partition coefficient (Wildman–Crippen LogP) is 6.55. The zero-order valence-electron chi connectivity index (χ0n) is 27.8. The van der Waals surface area contributed by atoms with Crippen molar-refractivity contribution in [1.29, 1.82) is 0 Å². The predicted molar refractivity (Wildman–Crippen MR) is 184 cm³/mol. The monoisotopic (exact) mass is 654 g/mol. The molecular formula is C37H42N4O7. The highest BCUT2D eigenvalue weighted by Crippen LogP contribution is 2.44. The maximum atomic E-state index is 12.8. The Morgan fingerprint density at radius 2 is 1.62 bits per heavy atom. The van der Waals surface area contributed by atoms with Crippen molar-refractivity contribution in [2.45, 2.75) is 51.2 Å². The number of non-ortho nitro benzene ring substituents is 1. The number of nitrogens with zero attached hydrogens (tertiary/aromatic N) is 4. The summed E-state index contributed by atoms with van der Waals surface area (Å²) in [6, 6.07) is 18.3. The van der Waals surface area contributed by atoms with Gasteiger partial charge in [-0.25, -0.2) is 4.79 Å². The topological polar surface area (TPSA) is 116 Å². The minimum Gasteiger partial charge on any atom is -0.489 e. The van der Waals surface area contributed by atoms with Gasteiger partial charge in [0.15, 0.2) is 0 Å². The number of nitro benzene ring substituents is 1. The molecule has 0 radical (unpaired) electrons. The van der Waals surface area contributed by atoms with Crippen molar-refractivity contribution in [3.8, 4) is 17.0 Å². The van der Waals surface area contributed by atoms with E-state index >= 15 is 0 Å². The average Bonchev–Trinajstić information content (AvgIpc) is 3.44. The fourth-order valence-electron chi connectivity index (χ4n) is 7.12. The third-order valence-corrected chi connectivity index (χ3v) is 9.69. The first kappa shape index (κ1) is 33.0. The molecule has 6 rings (SSSR count). The van der Waals surface area contributed by atoms with Crippen molar-refractivity contribution in [2.75, 3.05) is 52.3 Å². The van der Waals surface area contributed by atoms with Gasteiger partial charge < -0.3 is 28.6 Å². The number of carbonyl (C=O) groups is 2. The van der Waals surface area contributed by atoms with E-state index in [2.05, 4.69) is 16.8 Å². The number of esters is 2. The Morgan fingerprint density at radius 3 is 2.29 bits per heavy atom. The Bertz CT molecular complexity index is 1800. The molecular weight excluding hydrogens is 612 g/mol. The summed E-state index contributed by atoms with van der Waals surface area (Å²) in [4.78, 5) is 41.0. The second-order valence-electron chi connectivity index (χ2n) is 12.7. The smallest absolute Gasteiger partial charge is 0.337 e. The van der Waals surface area contributed by atoms with Crippen LogP contribution in [0.25, 0.3) is 22.2 Å². The lowest BCUT2D eigenvalue weighted by molar-refractivity contribution is -0.384. The highest BCUT2D eigenvalue weighted by Gasteiger charge is 2.28. The molecule has 0 N–H and O–H groups in total. The standard InChI is InChI=1S/C37H42N4O7/c1-38-17-19-39(20-18-38)32-16-12-29(41(44)45)21-28(32)24-48-30-13-9-26(10-14-30)36-35(25-7-5-4-6-8-25)31-15-11-27(37(43)47-3)22-33(31)40(36)23-34(42)46-2/h9-16,21-22,25H,4-8,17-20,23-24H2,1-3H3. The summed E-state index contributed by atoms with van der Waals surface area (Å²) in [6.07, 6.45) is 5.56. The van der Waals surface area contributed by atoms with E-state index in [1.165, 1.54) is 26.2 Å². The largest absolute Gasteiger partial charge is 0.489 e. The summed E-state index contributed by atoms with van der Waals surface area (Å²) < 4.78 is 18.3. The number of methoxy groups -OCH3 is 2. The van der Waals surface area contributed by atoms with Gasteiger partial charge in [-0.15, -0.1) is 0 Å². The average molecular weight is 655 g/mol. The van der Waals surface area contributed by atoms with E-state index in [9.17, 15) is 19.7 Å². The zero-order valence-corrected chi connectivity index (χ0v) is 27.8. The summed E-state index contributed by atoms with van der Waals surface area (Å²) >= 11 is 0. The van der Waals surface area contributed by atoms with Crippen LogP contribution < -0.4 is 9.64 Å². The summed E-state index contributed by atoms with van der Waals surface area (Å²) in [5, 5.41) is 12.6. The van der Waals surface area contributed by atoms with Gasteiger partial charge in [-0.1, -0.05) is 25.3 Å². The van der Waals surface area contributed by atoms with Crippen LogP contribution in [0.4, 0.5) is 11.4 Å². The molecule has 0 amide bonds. The van der Waals surface area contributed by atoms with Crippen molar-refractivity contribution in [1.82, 2.24) is 9.47 Å². The first-order valence-corrected chi connectivity index (χ1v) is 16.5. The summed E-state index contributed by atoms with van der Waals surface area (Å²) in [5.74, 6) is 0.0960. The first-order valence-electron chi connectivity index (χ1n) is 16.5. The van der Waals surface area contributed by atoms with Crippen LogP contribution in [-0.2, 0) is 27.4 Å². The number of nitro groups is 1. The van der Waals surface area contributed by atoms with Crippen LogP contribution in [0.5, 0.6) is 5.75 Å². The summed E-state index contributed by atoms with van der Waals surface area (Å²) in [6.45, 7) is 3.66. The molecule has 1 aliphatic carbocycles. The number of rotatable bonds is 10. The van der Waals surface area contributed by atoms with Crippen molar-refractivity contribution < 1.29 is 28.7 Å². The quantitative estimate of drug-likeness (QED) is 0.107. The molecule has 0 spiro atoms. The fraction of sp³-hybridized carbons (Fsp3) is 0.405. The third-order valence-electron chi connectivity index (χ3n) is 9.69. The molecule has 2 aliphatic rings. The van der Waals surface area contributed by atoms with Crippen LogP contribution in [0.1, 0.15) is 59.5 Å². The third kappa shape index (κ3) is 6.87. The molecule has 1 aromatic heterocycles. The minimum atomic E-state index is -0.440. The number of piperazine rings is 1. The molecule has 2 heterocycles. The molecule has 1 aliphatic heterocycles. The highest BCUT2D eigenvalue weighted by atomic mass is 16.6. The SMILES string of the molecule is COC(=O)Cn1c(-c2ccc(OCc3cc([N+](=O)[O-])ccc3N3CCN(C)CC3)cc2)c(C2CCCCC2)c2ccc(C(=O)OC)cc21. The van der Waals surface area contributed by atoms with Crippen molar-refractivity contribution in [2.24, 2.45) is 0 Å². The lowest BCUT2D eigenvalue weighted by atomic mass is 9.82. The Kier molecular flexibility index (Phi) is 9.95. The van der Waals surface area contributed by atoms with Gasteiger partial charge in [0, 0.05) is 54.9 Å². The highest BCUT2D eigenvalue weighted by molar-refractivity contribution is 5.99. The number of ether oxygens (including phenoxy) is 3. The summed E-state index contributed by atoms with van der Waals surface area (Å²) in [7, 11) is 4.82. The Balaban J connectivity index is 1.36. The number of fused-ring (bicyclic) bond motifs is 1. The van der Waals surface area contributed by atoms with Crippen LogP contribution in [0.2, 0.25) is 0 Å². The Hall–Kier alpha value is -4.90. The molecule has 2 fully saturated rings. The van der Waals surface area contributed by atoms with Crippen molar-refractivity contribution in [3.63, 3.8) is 0 Å². The Labute approximate surface area is 280 Å². The van der Waals surface area contributed by atoms with Gasteiger partial charge >= 0.3 is 11.9 Å². The molecule has 11 nitrogen and oxygen atoms in total. The summed E-state index contributed by atoms with van der Waals surface area (Å²) in [5.41, 5.74) is 5.94. The molecule has 48 heavy (non-hydrogen) atoms.